The molecule has 0 spiro atoms. The van der Waals surface area contributed by atoms with E-state index < -0.39 is 17.8 Å². The van der Waals surface area contributed by atoms with Crippen LogP contribution in [0.5, 0.6) is 5.75 Å². The number of carbonyl (C=O) groups is 2. The first-order valence-electron chi connectivity index (χ1n) is 5.76. The van der Waals surface area contributed by atoms with Crippen LogP contribution in [0, 0.1) is 5.92 Å². The van der Waals surface area contributed by atoms with Gasteiger partial charge in [-0.1, -0.05) is 12.1 Å². The monoisotopic (exact) mass is 249 g/mol. The Hall–Kier alpha value is -2.04. The number of nitrogens with one attached hydrogen (secondary N) is 1. The maximum atomic E-state index is 11.4. The molecule has 18 heavy (non-hydrogen) atoms. The molecule has 0 radical (unpaired) electrons. The fourth-order valence-corrected chi connectivity index (χ4v) is 2.18. The molecule has 1 fully saturated rings. The Morgan fingerprint density at radius 2 is 2.28 bits per heavy atom. The van der Waals surface area contributed by atoms with Gasteiger partial charge in [-0.3, -0.25) is 9.59 Å². The maximum absolute atomic E-state index is 11.4. The van der Waals surface area contributed by atoms with Gasteiger partial charge in [0.25, 0.3) is 0 Å². The molecule has 96 valence electrons. The maximum Gasteiger partial charge on any atom is 0.316 e. The van der Waals surface area contributed by atoms with Crippen LogP contribution in [0.1, 0.15) is 17.9 Å². The summed E-state index contributed by atoms with van der Waals surface area (Å²) >= 11 is 0. The molecule has 2 atom stereocenters. The number of carbonyl (C=O) groups excluding carboxylic acids is 1. The van der Waals surface area contributed by atoms with Crippen molar-refractivity contribution in [3.05, 3.63) is 29.8 Å². The van der Waals surface area contributed by atoms with Crippen LogP contribution in [0.25, 0.3) is 0 Å². The van der Waals surface area contributed by atoms with Gasteiger partial charge < -0.3 is 15.2 Å². The molecule has 0 saturated carbocycles. The Bertz CT molecular complexity index is 472. The van der Waals surface area contributed by atoms with Crippen LogP contribution in [0.2, 0.25) is 0 Å². The summed E-state index contributed by atoms with van der Waals surface area (Å²) in [5.41, 5.74) is 0.987. The molecule has 1 heterocycles. The summed E-state index contributed by atoms with van der Waals surface area (Å²) in [4.78, 5) is 22.4. The molecule has 0 aliphatic carbocycles. The van der Waals surface area contributed by atoms with Crippen molar-refractivity contribution < 1.29 is 19.4 Å². The third kappa shape index (κ3) is 2.45. The zero-order chi connectivity index (χ0) is 13.1. The lowest BCUT2D eigenvalue weighted by atomic mass is 9.85. The SMILES string of the molecule is COc1cccc([C@@H]2CNC(=O)[C@H](C(=O)O)C2)c1. The first-order chi connectivity index (χ1) is 8.61. The molecule has 5 heteroatoms. The Labute approximate surface area is 105 Å². The number of piperidine rings is 1. The first kappa shape index (κ1) is 12.4. The minimum Gasteiger partial charge on any atom is -0.497 e. The quantitative estimate of drug-likeness (QED) is 0.784. The van der Waals surface area contributed by atoms with E-state index in [1.165, 1.54) is 0 Å². The molecule has 1 aliphatic rings. The molecule has 1 aliphatic heterocycles. The highest BCUT2D eigenvalue weighted by molar-refractivity contribution is 5.97. The summed E-state index contributed by atoms with van der Waals surface area (Å²) in [5, 5.41) is 11.6. The van der Waals surface area contributed by atoms with E-state index in [0.717, 1.165) is 11.3 Å². The van der Waals surface area contributed by atoms with Gasteiger partial charge in [0.2, 0.25) is 5.91 Å². The van der Waals surface area contributed by atoms with Gasteiger partial charge in [0, 0.05) is 12.5 Å². The third-order valence-electron chi connectivity index (χ3n) is 3.22. The fraction of sp³-hybridized carbons (Fsp3) is 0.385. The summed E-state index contributed by atoms with van der Waals surface area (Å²) in [6.45, 7) is 0.468. The van der Waals surface area contributed by atoms with Crippen molar-refractivity contribution in [2.24, 2.45) is 5.92 Å². The first-order valence-corrected chi connectivity index (χ1v) is 5.76. The average Bonchev–Trinajstić information content (AvgIpc) is 2.39. The second-order valence-electron chi connectivity index (χ2n) is 4.35. The highest BCUT2D eigenvalue weighted by Gasteiger charge is 2.34. The van der Waals surface area contributed by atoms with Gasteiger partial charge in [-0.15, -0.1) is 0 Å². The zero-order valence-corrected chi connectivity index (χ0v) is 10.1. The largest absolute Gasteiger partial charge is 0.497 e. The normalized spacial score (nSPS) is 23.3. The van der Waals surface area contributed by atoms with E-state index in [1.807, 2.05) is 24.3 Å². The van der Waals surface area contributed by atoms with E-state index in [9.17, 15) is 9.59 Å². The van der Waals surface area contributed by atoms with Gasteiger partial charge in [-0.05, 0) is 24.1 Å². The van der Waals surface area contributed by atoms with E-state index in [4.69, 9.17) is 9.84 Å². The molecule has 2 rings (SSSR count). The minimum absolute atomic E-state index is 0.0129. The third-order valence-corrected chi connectivity index (χ3v) is 3.22. The van der Waals surface area contributed by atoms with Gasteiger partial charge in [-0.25, -0.2) is 0 Å². The predicted octanol–water partition coefficient (Wildman–Crippen LogP) is 0.999. The van der Waals surface area contributed by atoms with Gasteiger partial charge in [0.15, 0.2) is 0 Å². The van der Waals surface area contributed by atoms with E-state index >= 15 is 0 Å². The van der Waals surface area contributed by atoms with Gasteiger partial charge in [0.05, 0.1) is 7.11 Å². The van der Waals surface area contributed by atoms with Crippen molar-refractivity contribution in [2.45, 2.75) is 12.3 Å². The highest BCUT2D eigenvalue weighted by atomic mass is 16.5. The molecule has 2 N–H and O–H groups in total. The average molecular weight is 249 g/mol. The Morgan fingerprint density at radius 3 is 2.94 bits per heavy atom. The van der Waals surface area contributed by atoms with Gasteiger partial charge >= 0.3 is 5.97 Å². The summed E-state index contributed by atoms with van der Waals surface area (Å²) in [5.74, 6) is -1.69. The number of benzene rings is 1. The van der Waals surface area contributed by atoms with Crippen molar-refractivity contribution in [1.82, 2.24) is 5.32 Å². The predicted molar refractivity (Wildman–Crippen MR) is 64.5 cm³/mol. The molecule has 0 bridgehead atoms. The Morgan fingerprint density at radius 1 is 1.50 bits per heavy atom. The Balaban J connectivity index is 2.18. The summed E-state index contributed by atoms with van der Waals surface area (Å²) in [6.07, 6.45) is 0.328. The smallest absolute Gasteiger partial charge is 0.316 e. The number of carboxylic acid groups (broad SMARTS) is 1. The van der Waals surface area contributed by atoms with E-state index in [2.05, 4.69) is 5.32 Å². The molecule has 5 nitrogen and oxygen atoms in total. The zero-order valence-electron chi connectivity index (χ0n) is 10.1. The van der Waals surface area contributed by atoms with Crippen molar-refractivity contribution in [2.75, 3.05) is 13.7 Å². The Kier molecular flexibility index (Phi) is 3.50. The van der Waals surface area contributed by atoms with Crippen molar-refractivity contribution >= 4 is 11.9 Å². The highest BCUT2D eigenvalue weighted by Crippen LogP contribution is 2.29. The number of hydrogen-bond acceptors (Lipinski definition) is 3. The molecule has 1 aromatic rings. The van der Waals surface area contributed by atoms with Crippen LogP contribution in [-0.4, -0.2) is 30.6 Å². The summed E-state index contributed by atoms with van der Waals surface area (Å²) < 4.78 is 5.14. The molecule has 0 unspecified atom stereocenters. The van der Waals surface area contributed by atoms with Crippen LogP contribution in [0.3, 0.4) is 0 Å². The molecular formula is C13H15NO4. The van der Waals surface area contributed by atoms with Crippen LogP contribution in [-0.2, 0) is 9.59 Å². The number of aliphatic carboxylic acids is 1. The second kappa shape index (κ2) is 5.08. The fourth-order valence-electron chi connectivity index (χ4n) is 2.18. The van der Waals surface area contributed by atoms with Crippen molar-refractivity contribution in [1.29, 1.82) is 0 Å². The van der Waals surface area contributed by atoms with E-state index in [0.29, 0.717) is 13.0 Å². The van der Waals surface area contributed by atoms with Gasteiger partial charge in [0.1, 0.15) is 11.7 Å². The molecule has 1 aromatic carbocycles. The standard InChI is InChI=1S/C13H15NO4/c1-18-10-4-2-3-8(5-10)9-6-11(13(16)17)12(15)14-7-9/h2-5,9,11H,6-7H2,1H3,(H,14,15)(H,16,17)/t9-,11+/m0/s1. The van der Waals surface area contributed by atoms with E-state index in [1.54, 1.807) is 7.11 Å². The second-order valence-corrected chi connectivity index (χ2v) is 4.35. The lowest BCUT2D eigenvalue weighted by molar-refractivity contribution is -0.148. The number of rotatable bonds is 3. The lowest BCUT2D eigenvalue weighted by Crippen LogP contribution is -2.43. The number of ether oxygens (including phenoxy) is 1. The van der Waals surface area contributed by atoms with Crippen LogP contribution in [0.15, 0.2) is 24.3 Å². The minimum atomic E-state index is -1.07. The van der Waals surface area contributed by atoms with Crippen LogP contribution in [0.4, 0.5) is 0 Å². The van der Waals surface area contributed by atoms with Crippen LogP contribution < -0.4 is 10.1 Å². The number of carboxylic acids is 1. The molecule has 0 aromatic heterocycles. The number of amides is 1. The summed E-state index contributed by atoms with van der Waals surface area (Å²) in [7, 11) is 1.59. The summed E-state index contributed by atoms with van der Waals surface area (Å²) in [6, 6.07) is 7.49. The van der Waals surface area contributed by atoms with Crippen LogP contribution >= 0.6 is 0 Å². The van der Waals surface area contributed by atoms with Gasteiger partial charge in [-0.2, -0.15) is 0 Å². The van der Waals surface area contributed by atoms with E-state index in [-0.39, 0.29) is 5.92 Å². The molecule has 1 saturated heterocycles. The van der Waals surface area contributed by atoms with Crippen molar-refractivity contribution in [3.8, 4) is 5.75 Å². The molecule has 1 amide bonds. The lowest BCUT2D eigenvalue weighted by Gasteiger charge is -2.27. The number of methoxy groups -OCH3 is 1. The van der Waals surface area contributed by atoms with Crippen molar-refractivity contribution in [3.63, 3.8) is 0 Å². The topological polar surface area (TPSA) is 75.6 Å². The molecular weight excluding hydrogens is 234 g/mol. The number of hydrogen-bond donors (Lipinski definition) is 2.